The first-order chi connectivity index (χ1) is 0. The predicted molar refractivity (Wildman–Crippen MR) is 130 cm³/mol. The predicted octanol–water partition coefficient (Wildman–Crippen LogP) is 6.52. The fraction of sp³-hybridized carbons (Fsp3) is 0. The SMILES string of the molecule is Cl.Cl.Cl.Cl.Cl.Cl.Cl.Cl.Cl.Cl.Cl.Cl.Cl.Cl.Cl.Cl.Cl.[NaH]. The zero-order valence-corrected chi connectivity index (χ0v) is 20.8. The zero-order chi connectivity index (χ0) is 0. The fourth-order valence-electron chi connectivity index (χ4n) is 0. The van der Waals surface area contributed by atoms with Gasteiger partial charge in [-0.15, -0.1) is 211 Å². The quantitative estimate of drug-likeness (QED) is 0.264. The topological polar surface area (TPSA) is 0 Å². The molecule has 0 aromatic heterocycles. The molecule has 0 aliphatic rings. The van der Waals surface area contributed by atoms with E-state index in [9.17, 15) is 0 Å². The Morgan fingerprint density at radius 3 is 0.111 bits per heavy atom. The summed E-state index contributed by atoms with van der Waals surface area (Å²) in [6.07, 6.45) is 0. The Morgan fingerprint density at radius 2 is 0.111 bits per heavy atom. The van der Waals surface area contributed by atoms with E-state index in [2.05, 4.69) is 0 Å². The third-order valence-electron chi connectivity index (χ3n) is 0. The van der Waals surface area contributed by atoms with Crippen LogP contribution in [0.15, 0.2) is 0 Å². The molecule has 18 heavy (non-hydrogen) atoms. The van der Waals surface area contributed by atoms with Gasteiger partial charge in [-0.25, -0.2) is 0 Å². The van der Waals surface area contributed by atoms with Crippen molar-refractivity contribution in [3.8, 4) is 0 Å². The molecule has 0 amide bonds. The van der Waals surface area contributed by atoms with Crippen molar-refractivity contribution in [2.75, 3.05) is 0 Å². The molecule has 0 radical (unpaired) electrons. The summed E-state index contributed by atoms with van der Waals surface area (Å²) >= 11 is 0. The van der Waals surface area contributed by atoms with Gasteiger partial charge in [-0.3, -0.25) is 0 Å². The molecule has 0 fully saturated rings. The molecule has 0 atom stereocenters. The van der Waals surface area contributed by atoms with E-state index in [4.69, 9.17) is 0 Å². The van der Waals surface area contributed by atoms with Gasteiger partial charge in [0.2, 0.25) is 0 Å². The van der Waals surface area contributed by atoms with Crippen LogP contribution < -0.4 is 0 Å². The van der Waals surface area contributed by atoms with Crippen LogP contribution in [-0.2, 0) is 0 Å². The molecule has 0 spiro atoms. The van der Waals surface area contributed by atoms with Gasteiger partial charge < -0.3 is 0 Å². The van der Waals surface area contributed by atoms with Gasteiger partial charge in [-0.2, -0.15) is 0 Å². The molecule has 0 nitrogen and oxygen atoms in total. The molecule has 0 unspecified atom stereocenters. The van der Waals surface area contributed by atoms with E-state index in [1.165, 1.54) is 0 Å². The van der Waals surface area contributed by atoms with Gasteiger partial charge in [0, 0.05) is 0 Å². The average molecular weight is 644 g/mol. The maximum atomic E-state index is 0. The third-order valence-corrected chi connectivity index (χ3v) is 0. The molecule has 0 saturated heterocycles. The molecule has 0 aliphatic carbocycles. The molecular formula is H18Cl17Na. The number of rotatable bonds is 0. The van der Waals surface area contributed by atoms with E-state index in [0.717, 1.165) is 0 Å². The molecular weight excluding hydrogens is 626 g/mol. The van der Waals surface area contributed by atoms with Crippen LogP contribution in [0, 0.1) is 0 Å². The molecule has 18 heteroatoms. The first kappa shape index (κ1) is 358. The van der Waals surface area contributed by atoms with Crippen LogP contribution in [0.2, 0.25) is 0 Å². The maximum absolute atomic E-state index is 0. The Balaban J connectivity index is 0. The van der Waals surface area contributed by atoms with Crippen LogP contribution in [0.3, 0.4) is 0 Å². The van der Waals surface area contributed by atoms with Gasteiger partial charge >= 0.3 is 29.6 Å². The molecule has 0 bridgehead atoms. The third kappa shape index (κ3) is 273. The van der Waals surface area contributed by atoms with Crippen LogP contribution in [0.4, 0.5) is 0 Å². The number of halogens is 17. The molecule has 0 saturated carbocycles. The average Bonchev–Trinajstić information content (AvgIpc) is 0. The van der Waals surface area contributed by atoms with E-state index in [0.29, 0.717) is 0 Å². The van der Waals surface area contributed by atoms with E-state index in [1.807, 2.05) is 0 Å². The normalized spacial score (nSPS) is 0. The molecule has 0 aromatic carbocycles. The second kappa shape index (κ2) is 314. The van der Waals surface area contributed by atoms with Gasteiger partial charge in [0.15, 0.2) is 0 Å². The minimum atomic E-state index is 0. The van der Waals surface area contributed by atoms with Crippen molar-refractivity contribution in [1.82, 2.24) is 0 Å². The molecule has 0 aliphatic heterocycles. The Kier molecular flexibility index (Phi) is 6230. The molecule has 0 heterocycles. The summed E-state index contributed by atoms with van der Waals surface area (Å²) in [7, 11) is 0. The van der Waals surface area contributed by atoms with Crippen LogP contribution in [0.25, 0.3) is 0 Å². The monoisotopic (exact) mass is 636 g/mol. The second-order valence-electron chi connectivity index (χ2n) is 0. The van der Waals surface area contributed by atoms with Crippen molar-refractivity contribution in [2.45, 2.75) is 0 Å². The summed E-state index contributed by atoms with van der Waals surface area (Å²) in [6.45, 7) is 0. The van der Waals surface area contributed by atoms with Crippen molar-refractivity contribution < 1.29 is 0 Å². The Labute approximate surface area is 236 Å². The van der Waals surface area contributed by atoms with Crippen molar-refractivity contribution in [2.24, 2.45) is 0 Å². The Morgan fingerprint density at radius 1 is 0.111 bits per heavy atom. The van der Waals surface area contributed by atoms with Gasteiger partial charge in [-0.05, 0) is 0 Å². The summed E-state index contributed by atoms with van der Waals surface area (Å²) in [5.41, 5.74) is 0. The second-order valence-corrected chi connectivity index (χ2v) is 0. The molecule has 0 N–H and O–H groups in total. The summed E-state index contributed by atoms with van der Waals surface area (Å²) in [6, 6.07) is 0. The summed E-state index contributed by atoms with van der Waals surface area (Å²) in [4.78, 5) is 0. The summed E-state index contributed by atoms with van der Waals surface area (Å²) < 4.78 is 0. The van der Waals surface area contributed by atoms with E-state index in [1.54, 1.807) is 0 Å². The van der Waals surface area contributed by atoms with Crippen LogP contribution in [0.1, 0.15) is 0 Å². The van der Waals surface area contributed by atoms with Gasteiger partial charge in [0.25, 0.3) is 0 Å². The summed E-state index contributed by atoms with van der Waals surface area (Å²) in [5.74, 6) is 0. The molecule has 0 aromatic rings. The van der Waals surface area contributed by atoms with E-state index in [-0.39, 0.29) is 240 Å². The van der Waals surface area contributed by atoms with Crippen molar-refractivity contribution in [3.63, 3.8) is 0 Å². The minimum absolute atomic E-state index is 0. The fourth-order valence-corrected chi connectivity index (χ4v) is 0. The number of hydrogen-bond acceptors (Lipinski definition) is 0. The standard InChI is InChI=1S/17ClH.Na.H/h17*1H;;. The van der Waals surface area contributed by atoms with Gasteiger partial charge in [-0.1, -0.05) is 0 Å². The van der Waals surface area contributed by atoms with Gasteiger partial charge in [0.05, 0.1) is 0 Å². The van der Waals surface area contributed by atoms with Crippen LogP contribution in [0.5, 0.6) is 0 Å². The Bertz CT molecular complexity index is 5.57. The Hall–Kier alpha value is 5.93. The first-order valence-corrected chi connectivity index (χ1v) is 0. The van der Waals surface area contributed by atoms with Crippen molar-refractivity contribution in [3.05, 3.63) is 0 Å². The number of hydrogen-bond donors (Lipinski definition) is 0. The first-order valence-electron chi connectivity index (χ1n) is 0. The van der Waals surface area contributed by atoms with Crippen LogP contribution in [-0.4, -0.2) is 29.6 Å². The zero-order valence-electron chi connectivity index (χ0n) is 6.94. The molecule has 138 valence electrons. The van der Waals surface area contributed by atoms with Crippen molar-refractivity contribution >= 4 is 240 Å². The summed E-state index contributed by atoms with van der Waals surface area (Å²) in [5, 5.41) is 0. The van der Waals surface area contributed by atoms with Crippen molar-refractivity contribution in [1.29, 1.82) is 0 Å². The van der Waals surface area contributed by atoms with E-state index >= 15 is 0 Å². The van der Waals surface area contributed by atoms with E-state index < -0.39 is 0 Å². The van der Waals surface area contributed by atoms with Crippen LogP contribution >= 0.6 is 211 Å². The van der Waals surface area contributed by atoms with Gasteiger partial charge in [0.1, 0.15) is 0 Å². The molecule has 0 rings (SSSR count).